The van der Waals surface area contributed by atoms with Crippen molar-refractivity contribution in [1.82, 2.24) is 15.5 Å². The van der Waals surface area contributed by atoms with Crippen LogP contribution in [0.25, 0.3) is 0 Å². The molecule has 1 aromatic rings. The third-order valence-electron chi connectivity index (χ3n) is 2.78. The van der Waals surface area contributed by atoms with E-state index in [1.54, 1.807) is 0 Å². The van der Waals surface area contributed by atoms with Crippen molar-refractivity contribution in [2.75, 3.05) is 19.8 Å². The van der Waals surface area contributed by atoms with Gasteiger partial charge in [0.1, 0.15) is 5.69 Å². The molecule has 0 spiro atoms. The number of rotatable bonds is 10. The number of nitrogens with one attached hydrogen (secondary N) is 2. The fraction of sp³-hybridized carbons (Fsp3) is 0.714. The molecule has 0 saturated carbocycles. The molecule has 0 unspecified atom stereocenters. The van der Waals surface area contributed by atoms with E-state index in [9.17, 15) is 4.79 Å². The van der Waals surface area contributed by atoms with Crippen LogP contribution < -0.4 is 5.32 Å². The third-order valence-corrected chi connectivity index (χ3v) is 2.78. The zero-order valence-corrected chi connectivity index (χ0v) is 12.0. The van der Waals surface area contributed by atoms with Crippen LogP contribution in [0.15, 0.2) is 6.07 Å². The summed E-state index contributed by atoms with van der Waals surface area (Å²) in [4.78, 5) is 11.8. The number of H-pyrrole nitrogens is 1. The van der Waals surface area contributed by atoms with E-state index in [2.05, 4.69) is 29.4 Å². The van der Waals surface area contributed by atoms with Gasteiger partial charge in [-0.3, -0.25) is 9.89 Å². The van der Waals surface area contributed by atoms with Crippen molar-refractivity contribution in [3.05, 3.63) is 17.5 Å². The molecule has 0 aromatic carbocycles. The van der Waals surface area contributed by atoms with Crippen molar-refractivity contribution in [3.8, 4) is 0 Å². The SMILES string of the molecule is CCCCOCCCNC(=O)c1cc(CCC)[nH]n1. The Bertz CT molecular complexity index is 363. The minimum Gasteiger partial charge on any atom is -0.381 e. The molecule has 2 N–H and O–H groups in total. The molecule has 5 nitrogen and oxygen atoms in total. The fourth-order valence-corrected chi connectivity index (χ4v) is 1.69. The lowest BCUT2D eigenvalue weighted by Gasteiger charge is -2.04. The van der Waals surface area contributed by atoms with Gasteiger partial charge in [-0.25, -0.2) is 0 Å². The summed E-state index contributed by atoms with van der Waals surface area (Å²) in [5, 5.41) is 9.73. The average molecular weight is 267 g/mol. The van der Waals surface area contributed by atoms with Crippen molar-refractivity contribution >= 4 is 5.91 Å². The first-order valence-corrected chi connectivity index (χ1v) is 7.18. The normalized spacial score (nSPS) is 10.6. The molecule has 0 radical (unpaired) electrons. The van der Waals surface area contributed by atoms with E-state index in [-0.39, 0.29) is 5.91 Å². The van der Waals surface area contributed by atoms with Crippen molar-refractivity contribution < 1.29 is 9.53 Å². The van der Waals surface area contributed by atoms with Crippen LogP contribution in [0, 0.1) is 0 Å². The molecular weight excluding hydrogens is 242 g/mol. The number of aromatic amines is 1. The van der Waals surface area contributed by atoms with Gasteiger partial charge in [-0.05, 0) is 25.3 Å². The molecule has 1 rings (SSSR count). The van der Waals surface area contributed by atoms with E-state index in [0.29, 0.717) is 18.8 Å². The molecule has 1 aromatic heterocycles. The number of carbonyl (C=O) groups excluding carboxylic acids is 1. The minimum atomic E-state index is -0.118. The molecule has 1 heterocycles. The molecule has 0 bridgehead atoms. The van der Waals surface area contributed by atoms with Crippen molar-refractivity contribution in [3.63, 3.8) is 0 Å². The molecular formula is C14H25N3O2. The Hall–Kier alpha value is -1.36. The second-order valence-electron chi connectivity index (χ2n) is 4.60. The highest BCUT2D eigenvalue weighted by atomic mass is 16.5. The lowest BCUT2D eigenvalue weighted by Crippen LogP contribution is -2.25. The first kappa shape index (κ1) is 15.7. The van der Waals surface area contributed by atoms with Crippen LogP contribution in [0.4, 0.5) is 0 Å². The largest absolute Gasteiger partial charge is 0.381 e. The van der Waals surface area contributed by atoms with Gasteiger partial charge in [-0.15, -0.1) is 0 Å². The maximum atomic E-state index is 11.8. The smallest absolute Gasteiger partial charge is 0.271 e. The molecule has 19 heavy (non-hydrogen) atoms. The Balaban J connectivity index is 2.13. The Labute approximate surface area is 115 Å². The van der Waals surface area contributed by atoms with Gasteiger partial charge >= 0.3 is 0 Å². The predicted octanol–water partition coefficient (Wildman–Crippen LogP) is 2.30. The number of aromatic nitrogens is 2. The van der Waals surface area contributed by atoms with E-state index in [1.165, 1.54) is 0 Å². The quantitative estimate of drug-likeness (QED) is 0.639. The van der Waals surface area contributed by atoms with Gasteiger partial charge in [0.15, 0.2) is 0 Å². The van der Waals surface area contributed by atoms with Gasteiger partial charge < -0.3 is 10.1 Å². The average Bonchev–Trinajstić information content (AvgIpc) is 2.87. The third kappa shape index (κ3) is 6.38. The maximum Gasteiger partial charge on any atom is 0.271 e. The molecule has 0 atom stereocenters. The second-order valence-corrected chi connectivity index (χ2v) is 4.60. The summed E-state index contributed by atoms with van der Waals surface area (Å²) in [5.41, 5.74) is 1.48. The zero-order valence-electron chi connectivity index (χ0n) is 12.0. The van der Waals surface area contributed by atoms with Crippen molar-refractivity contribution in [2.45, 2.75) is 46.0 Å². The van der Waals surface area contributed by atoms with Crippen LogP contribution in [0.1, 0.15) is 55.7 Å². The van der Waals surface area contributed by atoms with Crippen LogP contribution in [0.3, 0.4) is 0 Å². The first-order valence-electron chi connectivity index (χ1n) is 7.18. The van der Waals surface area contributed by atoms with Gasteiger partial charge in [-0.2, -0.15) is 5.10 Å². The second kappa shape index (κ2) is 9.55. The van der Waals surface area contributed by atoms with Crippen molar-refractivity contribution in [1.29, 1.82) is 0 Å². The fourth-order valence-electron chi connectivity index (χ4n) is 1.69. The molecule has 1 amide bonds. The number of amides is 1. The number of aryl methyl sites for hydroxylation is 1. The van der Waals surface area contributed by atoms with E-state index in [0.717, 1.165) is 44.4 Å². The summed E-state index contributed by atoms with van der Waals surface area (Å²) in [6, 6.07) is 1.82. The Morgan fingerprint density at radius 1 is 1.32 bits per heavy atom. The van der Waals surface area contributed by atoms with E-state index in [4.69, 9.17) is 4.74 Å². The van der Waals surface area contributed by atoms with Crippen LogP contribution >= 0.6 is 0 Å². The van der Waals surface area contributed by atoms with Crippen LogP contribution in [0.2, 0.25) is 0 Å². The molecule has 0 saturated heterocycles. The number of nitrogens with zero attached hydrogens (tertiary/aromatic N) is 1. The van der Waals surface area contributed by atoms with Gasteiger partial charge in [0.25, 0.3) is 5.91 Å². The Kier molecular flexibility index (Phi) is 7.89. The highest BCUT2D eigenvalue weighted by molar-refractivity contribution is 5.92. The standard InChI is InChI=1S/C14H25N3O2/c1-3-5-9-19-10-6-8-15-14(18)13-11-12(7-4-2)16-17-13/h11H,3-10H2,1-2H3,(H,15,18)(H,16,17). The first-order chi connectivity index (χ1) is 9.27. The van der Waals surface area contributed by atoms with Gasteiger partial charge in [0, 0.05) is 25.5 Å². The lowest BCUT2D eigenvalue weighted by molar-refractivity contribution is 0.0935. The summed E-state index contributed by atoms with van der Waals surface area (Å²) < 4.78 is 5.42. The molecule has 5 heteroatoms. The number of ether oxygens (including phenoxy) is 1. The topological polar surface area (TPSA) is 67.0 Å². The van der Waals surface area contributed by atoms with Gasteiger partial charge in [0.05, 0.1) is 0 Å². The summed E-state index contributed by atoms with van der Waals surface area (Å²) in [6.45, 7) is 6.37. The van der Waals surface area contributed by atoms with Gasteiger partial charge in [0.2, 0.25) is 0 Å². The minimum absolute atomic E-state index is 0.118. The number of unbranched alkanes of at least 4 members (excludes halogenated alkanes) is 1. The molecule has 0 aliphatic carbocycles. The summed E-state index contributed by atoms with van der Waals surface area (Å²) in [7, 11) is 0. The van der Waals surface area contributed by atoms with E-state index < -0.39 is 0 Å². The Morgan fingerprint density at radius 2 is 2.11 bits per heavy atom. The summed E-state index contributed by atoms with van der Waals surface area (Å²) >= 11 is 0. The van der Waals surface area contributed by atoms with Crippen molar-refractivity contribution in [2.24, 2.45) is 0 Å². The van der Waals surface area contributed by atoms with Gasteiger partial charge in [-0.1, -0.05) is 26.7 Å². The molecule has 0 aliphatic rings. The maximum absolute atomic E-state index is 11.8. The monoisotopic (exact) mass is 267 g/mol. The summed E-state index contributed by atoms with van der Waals surface area (Å²) in [5.74, 6) is -0.118. The van der Waals surface area contributed by atoms with E-state index >= 15 is 0 Å². The number of carbonyl (C=O) groups is 1. The zero-order chi connectivity index (χ0) is 13.9. The molecule has 0 fully saturated rings. The van der Waals surface area contributed by atoms with Crippen LogP contribution in [-0.4, -0.2) is 35.9 Å². The Morgan fingerprint density at radius 3 is 2.84 bits per heavy atom. The number of hydrogen-bond acceptors (Lipinski definition) is 3. The highest BCUT2D eigenvalue weighted by Crippen LogP contribution is 2.02. The lowest BCUT2D eigenvalue weighted by atomic mass is 10.2. The van der Waals surface area contributed by atoms with Crippen LogP contribution in [0.5, 0.6) is 0 Å². The summed E-state index contributed by atoms with van der Waals surface area (Å²) in [6.07, 6.45) is 5.04. The number of hydrogen-bond donors (Lipinski definition) is 2. The predicted molar refractivity (Wildman–Crippen MR) is 75.3 cm³/mol. The highest BCUT2D eigenvalue weighted by Gasteiger charge is 2.09. The molecule has 0 aliphatic heterocycles. The van der Waals surface area contributed by atoms with E-state index in [1.807, 2.05) is 6.07 Å². The van der Waals surface area contributed by atoms with Crippen LogP contribution in [-0.2, 0) is 11.2 Å². The molecule has 108 valence electrons.